The first kappa shape index (κ1) is 29.8. The number of fused-ring (bicyclic) bond motifs is 2. The van der Waals surface area contributed by atoms with Crippen LogP contribution in [-0.2, 0) is 20.6 Å². The van der Waals surface area contributed by atoms with Crippen LogP contribution in [0.5, 0.6) is 0 Å². The van der Waals surface area contributed by atoms with Gasteiger partial charge in [-0.3, -0.25) is 19.6 Å². The molecule has 3 heterocycles. The number of nitrogens with one attached hydrogen (secondary N) is 1. The van der Waals surface area contributed by atoms with Crippen molar-refractivity contribution >= 4 is 41.0 Å². The van der Waals surface area contributed by atoms with Crippen molar-refractivity contribution in [3.8, 4) is 0 Å². The van der Waals surface area contributed by atoms with Crippen LogP contribution in [0.3, 0.4) is 0 Å². The van der Waals surface area contributed by atoms with Crippen molar-refractivity contribution in [2.24, 2.45) is 21.2 Å². The van der Waals surface area contributed by atoms with Gasteiger partial charge in [0, 0.05) is 21.2 Å². The van der Waals surface area contributed by atoms with Crippen LogP contribution in [0.1, 0.15) is 66.5 Å². The molecule has 4 aliphatic rings. The molecular weight excluding hydrogens is 583 g/mol. The number of amides is 3. The number of allylic oxidation sites excluding steroid dienone is 1. The van der Waals surface area contributed by atoms with E-state index in [2.05, 4.69) is 52.9 Å². The molecule has 226 valence electrons. The smallest absolute Gasteiger partial charge is 0.331 e. The highest BCUT2D eigenvalue weighted by molar-refractivity contribution is 6.30. The molecule has 0 radical (unpaired) electrons. The first-order valence-electron chi connectivity index (χ1n) is 14.7. The summed E-state index contributed by atoms with van der Waals surface area (Å²) in [7, 11) is 0. The van der Waals surface area contributed by atoms with Gasteiger partial charge in [0.05, 0.1) is 12.3 Å². The molecule has 2 aromatic carbocycles. The number of amidine groups is 1. The Bertz CT molecular complexity index is 1640. The minimum atomic E-state index is -1.01. The van der Waals surface area contributed by atoms with Gasteiger partial charge in [-0.1, -0.05) is 68.2 Å². The van der Waals surface area contributed by atoms with E-state index in [-0.39, 0.29) is 23.9 Å². The molecule has 7 nitrogen and oxygen atoms in total. The second-order valence-corrected chi connectivity index (χ2v) is 14.5. The van der Waals surface area contributed by atoms with E-state index in [1.165, 1.54) is 0 Å². The third-order valence-electron chi connectivity index (χ3n) is 10.5. The summed E-state index contributed by atoms with van der Waals surface area (Å²) >= 11 is 12.7. The topological polar surface area (TPSA) is 74.2 Å². The minimum absolute atomic E-state index is 0.106. The monoisotopic (exact) mass is 620 g/mol. The summed E-state index contributed by atoms with van der Waals surface area (Å²) in [6, 6.07) is 14.9. The molecule has 43 heavy (non-hydrogen) atoms. The number of hydrogen-bond acceptors (Lipinski definition) is 4. The quantitative estimate of drug-likeness (QED) is 0.382. The number of ether oxygens (including phenoxy) is 1. The molecule has 1 aliphatic carbocycles. The van der Waals surface area contributed by atoms with Gasteiger partial charge in [0.25, 0.3) is 0 Å². The number of urea groups is 1. The van der Waals surface area contributed by atoms with E-state index in [0.717, 1.165) is 11.1 Å². The van der Waals surface area contributed by atoms with Crippen LogP contribution >= 0.6 is 23.2 Å². The van der Waals surface area contributed by atoms with E-state index < -0.39 is 21.9 Å². The number of halogens is 2. The average Bonchev–Trinajstić information content (AvgIpc) is 3.19. The Labute approximate surface area is 263 Å². The third-order valence-corrected chi connectivity index (χ3v) is 11.0. The van der Waals surface area contributed by atoms with Crippen molar-refractivity contribution in [3.63, 3.8) is 0 Å². The maximum atomic E-state index is 15.0. The molecule has 4 atom stereocenters. The van der Waals surface area contributed by atoms with Crippen LogP contribution in [-0.4, -0.2) is 40.7 Å². The number of hydrogen-bond donors (Lipinski definition) is 1. The second-order valence-electron chi connectivity index (χ2n) is 13.6. The molecule has 0 spiro atoms. The van der Waals surface area contributed by atoms with Crippen molar-refractivity contribution in [1.82, 2.24) is 15.1 Å². The van der Waals surface area contributed by atoms with Gasteiger partial charge in [-0.15, -0.1) is 0 Å². The number of rotatable bonds is 4. The first-order valence-corrected chi connectivity index (χ1v) is 15.4. The summed E-state index contributed by atoms with van der Waals surface area (Å²) in [5.41, 5.74) is -0.709. The Morgan fingerprint density at radius 2 is 1.49 bits per heavy atom. The van der Waals surface area contributed by atoms with E-state index >= 15 is 0 Å². The minimum Gasteiger partial charge on any atom is -0.497 e. The third kappa shape index (κ3) is 3.77. The van der Waals surface area contributed by atoms with Crippen molar-refractivity contribution in [3.05, 3.63) is 92.9 Å². The van der Waals surface area contributed by atoms with Gasteiger partial charge in [-0.2, -0.15) is 0 Å². The summed E-state index contributed by atoms with van der Waals surface area (Å²) < 4.78 is 6.49. The van der Waals surface area contributed by atoms with Crippen LogP contribution in [0, 0.1) is 16.2 Å². The Hall–Kier alpha value is -3.29. The highest BCUT2D eigenvalue weighted by atomic mass is 35.5. The molecule has 6 rings (SSSR count). The zero-order valence-electron chi connectivity index (χ0n) is 25.9. The van der Waals surface area contributed by atoms with Crippen molar-refractivity contribution in [2.45, 2.75) is 66.5 Å². The fraction of sp³-hybridized carbons (Fsp3) is 0.441. The van der Waals surface area contributed by atoms with Crippen LogP contribution < -0.4 is 5.32 Å². The zero-order chi connectivity index (χ0) is 31.3. The average molecular weight is 622 g/mol. The number of benzene rings is 2. The van der Waals surface area contributed by atoms with Gasteiger partial charge < -0.3 is 10.1 Å². The fourth-order valence-corrected chi connectivity index (χ4v) is 7.49. The number of carbonyl (C=O) groups is 2. The molecule has 0 bridgehead atoms. The van der Waals surface area contributed by atoms with E-state index in [9.17, 15) is 9.59 Å². The van der Waals surface area contributed by atoms with Crippen LogP contribution in [0.15, 0.2) is 76.8 Å². The first-order chi connectivity index (χ1) is 20.0. The fourth-order valence-electron chi connectivity index (χ4n) is 7.24. The van der Waals surface area contributed by atoms with Crippen molar-refractivity contribution in [1.29, 1.82) is 0 Å². The van der Waals surface area contributed by atoms with Gasteiger partial charge in [-0.25, -0.2) is 4.79 Å². The van der Waals surface area contributed by atoms with Crippen molar-refractivity contribution < 1.29 is 14.3 Å². The Balaban J connectivity index is 1.71. The number of nitrogens with zero attached hydrogens (tertiary/aromatic N) is 3. The van der Waals surface area contributed by atoms with Gasteiger partial charge in [0.2, 0.25) is 5.91 Å². The predicted octanol–water partition coefficient (Wildman–Crippen LogP) is 7.61. The lowest BCUT2D eigenvalue weighted by molar-refractivity contribution is -0.122. The van der Waals surface area contributed by atoms with Gasteiger partial charge in [0.1, 0.15) is 34.6 Å². The summed E-state index contributed by atoms with van der Waals surface area (Å²) in [5, 5.41) is 4.40. The van der Waals surface area contributed by atoms with E-state index in [4.69, 9.17) is 32.9 Å². The lowest BCUT2D eigenvalue weighted by atomic mass is 9.58. The van der Waals surface area contributed by atoms with E-state index in [0.29, 0.717) is 39.6 Å². The largest absolute Gasteiger partial charge is 0.497 e. The van der Waals surface area contributed by atoms with Gasteiger partial charge in [-0.05, 0) is 81.5 Å². The summed E-state index contributed by atoms with van der Waals surface area (Å²) in [4.78, 5) is 37.3. The standard InChI is InChI=1S/C34H38Cl2N4O3/c1-9-43-24-18-31(5,30(2,3)4)26-27-32(24,6)28-38-33(7,20-10-14-22(35)15-11-20)34(8,21-12-16-23(36)17-13-21)40(28)29(42)39(27)19-25(41)37-26/h10-18H,9,19H2,1-8H3,(H,37,41)/t31?,32?,33-,34+/m0/s1. The SMILES string of the molecule is CCOC1=CC(C)(C(C)(C)C)C2=C3N(CC(=O)N2)C(=O)N2C(=N[C@@](C)(c4ccc(Cl)cc4)[C@@]2(C)c2ccc(Cl)cc2)C13C. The zero-order valence-corrected chi connectivity index (χ0v) is 27.4. The molecule has 2 aromatic rings. The molecular formula is C34H38Cl2N4O3. The van der Waals surface area contributed by atoms with E-state index in [1.54, 1.807) is 9.80 Å². The highest BCUT2D eigenvalue weighted by Gasteiger charge is 2.69. The van der Waals surface area contributed by atoms with Crippen LogP contribution in [0.2, 0.25) is 10.0 Å². The molecule has 3 aliphatic heterocycles. The summed E-state index contributed by atoms with van der Waals surface area (Å²) in [6.07, 6.45) is 2.13. The molecule has 1 N–H and O–H groups in total. The van der Waals surface area contributed by atoms with Crippen LogP contribution in [0.4, 0.5) is 4.79 Å². The second kappa shape index (κ2) is 9.35. The lowest BCUT2D eigenvalue weighted by Crippen LogP contribution is -2.69. The normalized spacial score (nSPS) is 31.8. The van der Waals surface area contributed by atoms with Gasteiger partial charge in [0.15, 0.2) is 0 Å². The Kier molecular flexibility index (Phi) is 6.48. The van der Waals surface area contributed by atoms with E-state index in [1.807, 2.05) is 62.4 Å². The number of carbonyl (C=O) groups excluding carboxylic acids is 2. The Morgan fingerprint density at radius 3 is 2.02 bits per heavy atom. The molecule has 9 heteroatoms. The molecule has 1 saturated heterocycles. The molecule has 0 saturated carbocycles. The molecule has 2 unspecified atom stereocenters. The van der Waals surface area contributed by atoms with Crippen LogP contribution in [0.25, 0.3) is 0 Å². The lowest BCUT2D eigenvalue weighted by Gasteiger charge is -2.58. The maximum absolute atomic E-state index is 15.0. The molecule has 3 amide bonds. The van der Waals surface area contributed by atoms with Gasteiger partial charge >= 0.3 is 6.03 Å². The molecule has 1 fully saturated rings. The maximum Gasteiger partial charge on any atom is 0.331 e. The Morgan fingerprint density at radius 1 is 0.930 bits per heavy atom. The predicted molar refractivity (Wildman–Crippen MR) is 170 cm³/mol. The highest BCUT2D eigenvalue weighted by Crippen LogP contribution is 2.63. The summed E-state index contributed by atoms with van der Waals surface area (Å²) in [6.45, 7) is 16.9. The summed E-state index contributed by atoms with van der Waals surface area (Å²) in [5.74, 6) is 1.05. The number of aliphatic imine (C=N–C) groups is 1. The molecule has 0 aromatic heterocycles. The van der Waals surface area contributed by atoms with Crippen molar-refractivity contribution in [2.75, 3.05) is 13.2 Å².